The topological polar surface area (TPSA) is 23.8 Å². The monoisotopic (exact) mass is 239 g/mol. The van der Waals surface area contributed by atoms with E-state index in [0.717, 1.165) is 12.0 Å². The maximum atomic E-state index is 12.9. The molecule has 0 aliphatic heterocycles. The number of hydrogen-bond acceptors (Lipinski definition) is 1. The lowest BCUT2D eigenvalue weighted by Crippen LogP contribution is -2.06. The van der Waals surface area contributed by atoms with Crippen LogP contribution in [-0.2, 0) is 5.41 Å². The number of hydrogen-bond donors (Lipinski definition) is 0. The van der Waals surface area contributed by atoms with Gasteiger partial charge in [0.25, 0.3) is 0 Å². The first kappa shape index (κ1) is 8.71. The molecule has 0 radical (unpaired) electrons. The molecule has 2 atom stereocenters. The molecule has 0 bridgehead atoms. The molecule has 0 amide bonds. The van der Waals surface area contributed by atoms with Crippen LogP contribution in [0.2, 0.25) is 0 Å². The van der Waals surface area contributed by atoms with Crippen LogP contribution in [0.25, 0.3) is 0 Å². The van der Waals surface area contributed by atoms with E-state index in [1.807, 2.05) is 0 Å². The van der Waals surface area contributed by atoms with E-state index in [1.54, 1.807) is 12.1 Å². The summed E-state index contributed by atoms with van der Waals surface area (Å²) in [5.74, 6) is -0.279. The maximum absolute atomic E-state index is 12.9. The first-order chi connectivity index (χ1) is 6.19. The minimum Gasteiger partial charge on any atom is -0.207 e. The van der Waals surface area contributed by atoms with Crippen molar-refractivity contribution >= 4 is 15.9 Å². The molecule has 1 aliphatic carbocycles. The van der Waals surface area contributed by atoms with Gasteiger partial charge in [0.15, 0.2) is 0 Å². The second kappa shape index (κ2) is 2.81. The van der Waals surface area contributed by atoms with Gasteiger partial charge in [-0.3, -0.25) is 0 Å². The summed E-state index contributed by atoms with van der Waals surface area (Å²) >= 11 is 3.38. The quantitative estimate of drug-likeness (QED) is 0.692. The van der Waals surface area contributed by atoms with Crippen LogP contribution in [-0.4, -0.2) is 4.83 Å². The average Bonchev–Trinajstić information content (AvgIpc) is 2.78. The van der Waals surface area contributed by atoms with Crippen LogP contribution in [0.1, 0.15) is 12.0 Å². The standard InChI is InChI=1S/C10H7BrFN/c11-9-5-10(9,6-13)7-2-1-3-8(12)4-7/h1-4,9H,5H2. The Balaban J connectivity index is 2.42. The van der Waals surface area contributed by atoms with E-state index in [2.05, 4.69) is 22.0 Å². The van der Waals surface area contributed by atoms with Crippen molar-refractivity contribution in [2.24, 2.45) is 0 Å². The largest absolute Gasteiger partial charge is 0.207 e. The van der Waals surface area contributed by atoms with E-state index in [1.165, 1.54) is 12.1 Å². The van der Waals surface area contributed by atoms with Crippen molar-refractivity contribution in [2.75, 3.05) is 0 Å². The molecule has 0 aromatic heterocycles. The summed E-state index contributed by atoms with van der Waals surface area (Å²) in [7, 11) is 0. The summed E-state index contributed by atoms with van der Waals surface area (Å²) in [5, 5.41) is 8.97. The third kappa shape index (κ3) is 1.26. The van der Waals surface area contributed by atoms with Gasteiger partial charge < -0.3 is 0 Å². The van der Waals surface area contributed by atoms with Gasteiger partial charge in [-0.05, 0) is 24.1 Å². The van der Waals surface area contributed by atoms with Crippen molar-refractivity contribution in [3.05, 3.63) is 35.6 Å². The lowest BCUT2D eigenvalue weighted by atomic mass is 9.98. The second-order valence-corrected chi connectivity index (χ2v) is 4.37. The fourth-order valence-corrected chi connectivity index (χ4v) is 2.35. The van der Waals surface area contributed by atoms with Gasteiger partial charge >= 0.3 is 0 Å². The highest BCUT2D eigenvalue weighted by molar-refractivity contribution is 9.09. The normalized spacial score (nSPS) is 31.0. The first-order valence-electron chi connectivity index (χ1n) is 4.00. The zero-order valence-electron chi connectivity index (χ0n) is 6.80. The molecule has 0 N–H and O–H groups in total. The van der Waals surface area contributed by atoms with Crippen molar-refractivity contribution in [2.45, 2.75) is 16.7 Å². The van der Waals surface area contributed by atoms with Gasteiger partial charge in [0.05, 0.1) is 11.5 Å². The summed E-state index contributed by atoms with van der Waals surface area (Å²) in [6.45, 7) is 0. The molecule has 1 nitrogen and oxygen atoms in total. The number of rotatable bonds is 1. The van der Waals surface area contributed by atoms with Crippen LogP contribution in [0.15, 0.2) is 24.3 Å². The molecular weight excluding hydrogens is 233 g/mol. The van der Waals surface area contributed by atoms with Gasteiger partial charge in [-0.15, -0.1) is 0 Å². The Hall–Kier alpha value is -0.880. The van der Waals surface area contributed by atoms with E-state index in [9.17, 15) is 4.39 Å². The Morgan fingerprint density at radius 3 is 2.77 bits per heavy atom. The van der Waals surface area contributed by atoms with E-state index in [4.69, 9.17) is 5.26 Å². The third-order valence-electron chi connectivity index (χ3n) is 2.42. The molecule has 2 unspecified atom stereocenters. The number of nitriles is 1. The van der Waals surface area contributed by atoms with Crippen LogP contribution in [0.3, 0.4) is 0 Å². The first-order valence-corrected chi connectivity index (χ1v) is 4.92. The van der Waals surface area contributed by atoms with E-state index in [0.29, 0.717) is 0 Å². The average molecular weight is 240 g/mol. The van der Waals surface area contributed by atoms with Crippen molar-refractivity contribution in [3.8, 4) is 6.07 Å². The molecule has 0 saturated heterocycles. The summed E-state index contributed by atoms with van der Waals surface area (Å²) in [5.41, 5.74) is 0.291. The number of benzene rings is 1. The third-order valence-corrected chi connectivity index (χ3v) is 3.52. The summed E-state index contributed by atoms with van der Waals surface area (Å²) in [6, 6.07) is 8.50. The highest BCUT2D eigenvalue weighted by Gasteiger charge is 2.55. The van der Waals surface area contributed by atoms with E-state index < -0.39 is 5.41 Å². The van der Waals surface area contributed by atoms with E-state index >= 15 is 0 Å². The predicted octanol–water partition coefficient (Wildman–Crippen LogP) is 2.75. The van der Waals surface area contributed by atoms with Crippen molar-refractivity contribution in [1.29, 1.82) is 5.26 Å². The van der Waals surface area contributed by atoms with Gasteiger partial charge in [0.2, 0.25) is 0 Å². The number of halogens is 2. The van der Waals surface area contributed by atoms with Gasteiger partial charge in [-0.1, -0.05) is 28.1 Å². The lowest BCUT2D eigenvalue weighted by molar-refractivity contribution is 0.623. The minimum absolute atomic E-state index is 0.173. The molecule has 1 aromatic rings. The fourth-order valence-electron chi connectivity index (χ4n) is 1.47. The molecule has 13 heavy (non-hydrogen) atoms. The molecule has 66 valence electrons. The molecule has 0 heterocycles. The lowest BCUT2D eigenvalue weighted by Gasteiger charge is -2.05. The molecule has 1 saturated carbocycles. The molecular formula is C10H7BrFN. The van der Waals surface area contributed by atoms with Crippen molar-refractivity contribution in [3.63, 3.8) is 0 Å². The van der Waals surface area contributed by atoms with Gasteiger partial charge in [-0.25, -0.2) is 4.39 Å². The Bertz CT molecular complexity index is 385. The molecule has 2 rings (SSSR count). The summed E-state index contributed by atoms with van der Waals surface area (Å²) in [4.78, 5) is 0.173. The van der Waals surface area contributed by atoms with Crippen LogP contribution in [0, 0.1) is 17.1 Å². The van der Waals surface area contributed by atoms with Gasteiger partial charge in [0.1, 0.15) is 5.82 Å². The number of nitrogens with zero attached hydrogens (tertiary/aromatic N) is 1. The highest BCUT2D eigenvalue weighted by atomic mass is 79.9. The Labute approximate surface area is 84.3 Å². The smallest absolute Gasteiger partial charge is 0.123 e. The minimum atomic E-state index is -0.484. The molecule has 1 fully saturated rings. The van der Waals surface area contributed by atoms with E-state index in [-0.39, 0.29) is 10.6 Å². The molecule has 1 aromatic carbocycles. The summed E-state index contributed by atoms with van der Waals surface area (Å²) < 4.78 is 12.9. The molecule has 0 spiro atoms. The maximum Gasteiger partial charge on any atom is 0.123 e. The Kier molecular flexibility index (Phi) is 1.88. The zero-order chi connectivity index (χ0) is 9.47. The van der Waals surface area contributed by atoms with Crippen LogP contribution >= 0.6 is 15.9 Å². The van der Waals surface area contributed by atoms with Crippen molar-refractivity contribution in [1.82, 2.24) is 0 Å². The molecule has 3 heteroatoms. The SMILES string of the molecule is N#CC1(c2cccc(F)c2)CC1Br. The highest BCUT2D eigenvalue weighted by Crippen LogP contribution is 2.52. The molecule has 1 aliphatic rings. The van der Waals surface area contributed by atoms with Crippen LogP contribution in [0.5, 0.6) is 0 Å². The second-order valence-electron chi connectivity index (χ2n) is 3.27. The van der Waals surface area contributed by atoms with Crippen LogP contribution < -0.4 is 0 Å². The van der Waals surface area contributed by atoms with Crippen LogP contribution in [0.4, 0.5) is 4.39 Å². The Morgan fingerprint density at radius 1 is 1.62 bits per heavy atom. The fraction of sp³-hybridized carbons (Fsp3) is 0.300. The zero-order valence-corrected chi connectivity index (χ0v) is 8.38. The van der Waals surface area contributed by atoms with Crippen molar-refractivity contribution < 1.29 is 4.39 Å². The predicted molar refractivity (Wildman–Crippen MR) is 51.0 cm³/mol. The van der Waals surface area contributed by atoms with Gasteiger partial charge in [0, 0.05) is 4.83 Å². The number of alkyl halides is 1. The Morgan fingerprint density at radius 2 is 2.31 bits per heavy atom. The summed E-state index contributed by atoms with van der Waals surface area (Å²) in [6.07, 6.45) is 0.771. The van der Waals surface area contributed by atoms with Gasteiger partial charge in [-0.2, -0.15) is 5.26 Å².